The minimum atomic E-state index is 0.449. The van der Waals surface area contributed by atoms with E-state index in [1.807, 2.05) is 0 Å². The molecule has 13 heavy (non-hydrogen) atoms. The predicted molar refractivity (Wildman–Crippen MR) is 65.1 cm³/mol. The smallest absolute Gasteiger partial charge is 0.414 e. The van der Waals surface area contributed by atoms with E-state index in [-0.39, 0.29) is 0 Å². The van der Waals surface area contributed by atoms with Gasteiger partial charge in [-0.05, 0) is 25.7 Å². The lowest BCUT2D eigenvalue weighted by atomic mass is 10.3. The Morgan fingerprint density at radius 1 is 0.769 bits per heavy atom. The highest BCUT2D eigenvalue weighted by Gasteiger charge is 1.93. The van der Waals surface area contributed by atoms with Gasteiger partial charge in [-0.15, -0.1) is 0 Å². The number of halogens is 2. The van der Waals surface area contributed by atoms with Gasteiger partial charge in [0, 0.05) is 23.9 Å². The molecule has 2 nitrogen and oxygen atoms in total. The van der Waals surface area contributed by atoms with Crippen molar-refractivity contribution in [3.05, 3.63) is 0 Å². The van der Waals surface area contributed by atoms with Crippen LogP contribution in [0.1, 0.15) is 25.7 Å². The SMILES string of the molecule is BrCCCCOBOCCCCBr. The summed E-state index contributed by atoms with van der Waals surface area (Å²) in [6, 6.07) is 0. The van der Waals surface area contributed by atoms with Crippen molar-refractivity contribution in [2.45, 2.75) is 25.7 Å². The van der Waals surface area contributed by atoms with Gasteiger partial charge >= 0.3 is 7.69 Å². The van der Waals surface area contributed by atoms with Crippen molar-refractivity contribution in [2.75, 3.05) is 23.9 Å². The van der Waals surface area contributed by atoms with Crippen molar-refractivity contribution >= 4 is 39.5 Å². The van der Waals surface area contributed by atoms with Crippen LogP contribution in [-0.4, -0.2) is 31.6 Å². The lowest BCUT2D eigenvalue weighted by molar-refractivity contribution is 0.216. The minimum absolute atomic E-state index is 0.449. The molecule has 5 heteroatoms. The van der Waals surface area contributed by atoms with Gasteiger partial charge in [0.1, 0.15) is 0 Å². The summed E-state index contributed by atoms with van der Waals surface area (Å²) in [6.07, 6.45) is 4.55. The Morgan fingerprint density at radius 2 is 1.23 bits per heavy atom. The summed E-state index contributed by atoms with van der Waals surface area (Å²) >= 11 is 6.74. The molecule has 0 fully saturated rings. The third kappa shape index (κ3) is 12.9. The molecule has 0 amide bonds. The molecule has 0 aliphatic carbocycles. The molecule has 0 aromatic carbocycles. The molecule has 0 spiro atoms. The number of alkyl halides is 2. The third-order valence-corrected chi connectivity index (χ3v) is 2.63. The van der Waals surface area contributed by atoms with Gasteiger partial charge in [-0.25, -0.2) is 0 Å². The van der Waals surface area contributed by atoms with Crippen LogP contribution >= 0.6 is 31.9 Å². The second-order valence-electron chi connectivity index (χ2n) is 2.73. The van der Waals surface area contributed by atoms with Crippen molar-refractivity contribution < 1.29 is 9.31 Å². The summed E-state index contributed by atoms with van der Waals surface area (Å²) in [6.45, 7) is 1.62. The van der Waals surface area contributed by atoms with E-state index in [1.54, 1.807) is 0 Å². The Labute approximate surface area is 98.3 Å². The van der Waals surface area contributed by atoms with Crippen molar-refractivity contribution in [1.29, 1.82) is 0 Å². The fourth-order valence-corrected chi connectivity index (χ4v) is 1.57. The Hall–Kier alpha value is 0.945. The monoisotopic (exact) mass is 314 g/mol. The van der Waals surface area contributed by atoms with Crippen LogP contribution in [0.25, 0.3) is 0 Å². The molecule has 0 atom stereocenters. The van der Waals surface area contributed by atoms with Gasteiger partial charge in [-0.1, -0.05) is 31.9 Å². The summed E-state index contributed by atoms with van der Waals surface area (Å²) in [5, 5.41) is 2.12. The van der Waals surface area contributed by atoms with E-state index in [9.17, 15) is 0 Å². The first-order chi connectivity index (χ1) is 6.41. The summed E-state index contributed by atoms with van der Waals surface area (Å²) in [5.41, 5.74) is 0. The topological polar surface area (TPSA) is 18.5 Å². The standard InChI is InChI=1S/C8H17BBr2O2/c10-5-1-3-7-12-9-13-8-4-2-6-11/h9H,1-8H2. The maximum Gasteiger partial charge on any atom is 0.438 e. The quantitative estimate of drug-likeness (QED) is 0.350. The van der Waals surface area contributed by atoms with E-state index in [1.165, 1.54) is 12.8 Å². The van der Waals surface area contributed by atoms with Gasteiger partial charge in [0.25, 0.3) is 0 Å². The molecule has 0 N–H and O–H groups in total. The van der Waals surface area contributed by atoms with Crippen LogP contribution in [0, 0.1) is 0 Å². The van der Waals surface area contributed by atoms with E-state index in [0.717, 1.165) is 36.7 Å². The maximum atomic E-state index is 5.26. The fourth-order valence-electron chi connectivity index (χ4n) is 0.774. The second-order valence-corrected chi connectivity index (χ2v) is 4.31. The zero-order chi connectivity index (χ0) is 9.78. The highest BCUT2D eigenvalue weighted by atomic mass is 79.9. The molecule has 0 aliphatic rings. The molecule has 0 saturated carbocycles. The molecule has 0 bridgehead atoms. The highest BCUT2D eigenvalue weighted by molar-refractivity contribution is 9.09. The van der Waals surface area contributed by atoms with E-state index in [0.29, 0.717) is 7.69 Å². The first-order valence-corrected chi connectivity index (χ1v) is 6.93. The van der Waals surface area contributed by atoms with Crippen LogP contribution < -0.4 is 0 Å². The molecule has 0 heterocycles. The molecule has 0 rings (SSSR count). The molecule has 0 radical (unpaired) electrons. The number of hydrogen-bond acceptors (Lipinski definition) is 2. The van der Waals surface area contributed by atoms with Crippen molar-refractivity contribution in [2.24, 2.45) is 0 Å². The second kappa shape index (κ2) is 12.9. The van der Waals surface area contributed by atoms with Crippen LogP contribution in [0.5, 0.6) is 0 Å². The van der Waals surface area contributed by atoms with Crippen LogP contribution in [0.2, 0.25) is 0 Å². The van der Waals surface area contributed by atoms with Gasteiger partial charge in [0.2, 0.25) is 0 Å². The molecule has 78 valence electrons. The van der Waals surface area contributed by atoms with Crippen LogP contribution in [0.3, 0.4) is 0 Å². The lowest BCUT2D eigenvalue weighted by Crippen LogP contribution is -2.07. The van der Waals surface area contributed by atoms with Crippen molar-refractivity contribution in [3.8, 4) is 0 Å². The average Bonchev–Trinajstić information content (AvgIpc) is 2.16. The highest BCUT2D eigenvalue weighted by Crippen LogP contribution is 1.95. The van der Waals surface area contributed by atoms with Gasteiger partial charge in [-0.2, -0.15) is 0 Å². The lowest BCUT2D eigenvalue weighted by Gasteiger charge is -2.02. The Balaban J connectivity index is 2.76. The van der Waals surface area contributed by atoms with E-state index in [4.69, 9.17) is 9.31 Å². The Kier molecular flexibility index (Phi) is 13.9. The summed E-state index contributed by atoms with van der Waals surface area (Å²) in [7, 11) is 0.449. The van der Waals surface area contributed by atoms with Crippen molar-refractivity contribution in [1.82, 2.24) is 0 Å². The normalized spacial score (nSPS) is 10.3. The molecule has 0 aromatic rings. The predicted octanol–water partition coefficient (Wildman–Crippen LogP) is 2.64. The zero-order valence-electron chi connectivity index (χ0n) is 7.94. The molecular weight excluding hydrogens is 299 g/mol. The average molecular weight is 316 g/mol. The maximum absolute atomic E-state index is 5.26. The van der Waals surface area contributed by atoms with Crippen LogP contribution in [-0.2, 0) is 9.31 Å². The van der Waals surface area contributed by atoms with Gasteiger partial charge < -0.3 is 9.31 Å². The van der Waals surface area contributed by atoms with Gasteiger partial charge in [-0.3, -0.25) is 0 Å². The van der Waals surface area contributed by atoms with E-state index < -0.39 is 0 Å². The first-order valence-electron chi connectivity index (χ1n) is 4.69. The number of unbranched alkanes of at least 4 members (excludes halogenated alkanes) is 2. The first kappa shape index (κ1) is 13.9. The fraction of sp³-hybridized carbons (Fsp3) is 1.00. The Bertz CT molecular complexity index is 86.2. The number of hydrogen-bond donors (Lipinski definition) is 0. The van der Waals surface area contributed by atoms with Crippen LogP contribution in [0.4, 0.5) is 0 Å². The molecule has 0 aliphatic heterocycles. The molecular formula is C8H17BBr2O2. The molecule has 0 saturated heterocycles. The van der Waals surface area contributed by atoms with Crippen molar-refractivity contribution in [3.63, 3.8) is 0 Å². The molecule has 0 aromatic heterocycles. The summed E-state index contributed by atoms with van der Waals surface area (Å²) in [5.74, 6) is 0. The molecule has 0 unspecified atom stereocenters. The number of rotatable bonds is 10. The Morgan fingerprint density at radius 3 is 1.62 bits per heavy atom. The van der Waals surface area contributed by atoms with E-state index >= 15 is 0 Å². The largest absolute Gasteiger partial charge is 0.438 e. The summed E-state index contributed by atoms with van der Waals surface area (Å²) in [4.78, 5) is 0. The minimum Gasteiger partial charge on any atom is -0.414 e. The van der Waals surface area contributed by atoms with Gasteiger partial charge in [0.15, 0.2) is 0 Å². The zero-order valence-corrected chi connectivity index (χ0v) is 11.1. The van der Waals surface area contributed by atoms with Crippen LogP contribution in [0.15, 0.2) is 0 Å². The van der Waals surface area contributed by atoms with E-state index in [2.05, 4.69) is 31.9 Å². The van der Waals surface area contributed by atoms with Gasteiger partial charge in [0.05, 0.1) is 0 Å². The third-order valence-electron chi connectivity index (χ3n) is 1.51. The summed E-state index contributed by atoms with van der Waals surface area (Å²) < 4.78 is 10.5.